The van der Waals surface area contributed by atoms with Gasteiger partial charge in [-0.25, -0.2) is 4.39 Å². The van der Waals surface area contributed by atoms with Gasteiger partial charge in [-0.15, -0.1) is 0 Å². The van der Waals surface area contributed by atoms with Gasteiger partial charge in [0.15, 0.2) is 0 Å². The second-order valence-corrected chi connectivity index (χ2v) is 6.05. The molecule has 2 atom stereocenters. The van der Waals surface area contributed by atoms with Crippen LogP contribution in [0.25, 0.3) is 0 Å². The third-order valence-electron chi connectivity index (χ3n) is 4.74. The molecule has 0 radical (unpaired) electrons. The van der Waals surface area contributed by atoms with Gasteiger partial charge >= 0.3 is 0 Å². The average molecular weight is 273 g/mol. The Morgan fingerprint density at radius 3 is 2.95 bits per heavy atom. The van der Waals surface area contributed by atoms with Crippen molar-refractivity contribution in [2.24, 2.45) is 5.92 Å². The minimum Gasteiger partial charge on any atom is -0.305 e. The highest BCUT2D eigenvalue weighted by atomic mass is 19.1. The number of nitrogens with zero attached hydrogens (tertiary/aromatic N) is 3. The van der Waals surface area contributed by atoms with Crippen LogP contribution in [0, 0.1) is 23.1 Å². The average Bonchev–Trinajstić information content (AvgIpc) is 2.82. The van der Waals surface area contributed by atoms with E-state index in [1.54, 1.807) is 6.07 Å². The Balaban J connectivity index is 1.78. The number of hydrogen-bond acceptors (Lipinski definition) is 3. The van der Waals surface area contributed by atoms with Crippen molar-refractivity contribution in [2.75, 3.05) is 26.7 Å². The first-order chi connectivity index (χ1) is 9.67. The van der Waals surface area contributed by atoms with Crippen LogP contribution in [-0.4, -0.2) is 42.5 Å². The van der Waals surface area contributed by atoms with Crippen LogP contribution < -0.4 is 0 Å². The van der Waals surface area contributed by atoms with Gasteiger partial charge < -0.3 is 4.90 Å². The van der Waals surface area contributed by atoms with E-state index in [0.29, 0.717) is 18.2 Å². The SMILES string of the molecule is CN1CC[C@@H]2CCN(Cc3cc(F)ccc3C#N)[C@H]2C1. The largest absolute Gasteiger partial charge is 0.305 e. The maximum Gasteiger partial charge on any atom is 0.123 e. The molecule has 0 aliphatic carbocycles. The topological polar surface area (TPSA) is 30.3 Å². The van der Waals surface area contributed by atoms with Crippen LogP contribution in [0.1, 0.15) is 24.0 Å². The van der Waals surface area contributed by atoms with Crippen molar-refractivity contribution >= 4 is 0 Å². The standard InChI is InChI=1S/C16H20FN3/c1-19-6-4-12-5-7-20(16(12)11-19)10-14-8-15(17)3-2-13(14)9-18/h2-3,8,12,16H,4-7,10-11H2,1H3/t12-,16+/m1/s1. The van der Waals surface area contributed by atoms with Crippen molar-refractivity contribution in [2.45, 2.75) is 25.4 Å². The van der Waals surface area contributed by atoms with E-state index in [1.165, 1.54) is 31.5 Å². The molecular formula is C16H20FN3. The Hall–Kier alpha value is -1.44. The molecule has 2 fully saturated rings. The highest BCUT2D eigenvalue weighted by molar-refractivity contribution is 5.37. The van der Waals surface area contributed by atoms with Crippen LogP contribution in [-0.2, 0) is 6.54 Å². The fraction of sp³-hybridized carbons (Fsp3) is 0.562. The van der Waals surface area contributed by atoms with E-state index in [0.717, 1.165) is 24.6 Å². The smallest absolute Gasteiger partial charge is 0.123 e. The van der Waals surface area contributed by atoms with Crippen LogP contribution in [0.15, 0.2) is 18.2 Å². The zero-order valence-electron chi connectivity index (χ0n) is 11.8. The second-order valence-electron chi connectivity index (χ2n) is 6.05. The van der Waals surface area contributed by atoms with Crippen molar-refractivity contribution in [3.05, 3.63) is 35.1 Å². The summed E-state index contributed by atoms with van der Waals surface area (Å²) in [5.41, 5.74) is 1.42. The summed E-state index contributed by atoms with van der Waals surface area (Å²) in [7, 11) is 2.16. The maximum absolute atomic E-state index is 13.4. The van der Waals surface area contributed by atoms with Gasteiger partial charge in [-0.05, 0) is 62.7 Å². The molecule has 0 unspecified atom stereocenters. The fourth-order valence-electron chi connectivity index (χ4n) is 3.60. The summed E-state index contributed by atoms with van der Waals surface area (Å²) in [6.45, 7) is 4.01. The molecule has 4 heteroatoms. The molecule has 1 aromatic rings. The molecule has 1 aromatic carbocycles. The Labute approximate surface area is 119 Å². The molecular weight excluding hydrogens is 253 g/mol. The van der Waals surface area contributed by atoms with Gasteiger partial charge in [0.1, 0.15) is 5.82 Å². The van der Waals surface area contributed by atoms with E-state index in [4.69, 9.17) is 5.26 Å². The van der Waals surface area contributed by atoms with Crippen molar-refractivity contribution in [3.63, 3.8) is 0 Å². The lowest BCUT2D eigenvalue weighted by Gasteiger charge is -2.36. The molecule has 0 bridgehead atoms. The van der Waals surface area contributed by atoms with Crippen LogP contribution in [0.4, 0.5) is 4.39 Å². The van der Waals surface area contributed by atoms with E-state index in [-0.39, 0.29) is 5.82 Å². The normalized spacial score (nSPS) is 27.2. The number of benzene rings is 1. The summed E-state index contributed by atoms with van der Waals surface area (Å²) in [4.78, 5) is 4.80. The Kier molecular flexibility index (Phi) is 3.73. The maximum atomic E-state index is 13.4. The summed E-state index contributed by atoms with van der Waals surface area (Å²) < 4.78 is 13.4. The van der Waals surface area contributed by atoms with Crippen molar-refractivity contribution in [1.29, 1.82) is 5.26 Å². The van der Waals surface area contributed by atoms with Gasteiger partial charge in [-0.2, -0.15) is 5.26 Å². The fourth-order valence-corrected chi connectivity index (χ4v) is 3.60. The molecule has 0 N–H and O–H groups in total. The molecule has 2 aliphatic heterocycles. The summed E-state index contributed by atoms with van der Waals surface area (Å²) in [5.74, 6) is 0.515. The van der Waals surface area contributed by atoms with Crippen LogP contribution in [0.3, 0.4) is 0 Å². The Morgan fingerprint density at radius 1 is 1.35 bits per heavy atom. The molecule has 0 spiro atoms. The molecule has 0 aromatic heterocycles. The highest BCUT2D eigenvalue weighted by Gasteiger charge is 2.37. The zero-order valence-corrected chi connectivity index (χ0v) is 11.8. The molecule has 106 valence electrons. The first-order valence-corrected chi connectivity index (χ1v) is 7.28. The van der Waals surface area contributed by atoms with Crippen LogP contribution >= 0.6 is 0 Å². The van der Waals surface area contributed by atoms with Gasteiger partial charge in [0.2, 0.25) is 0 Å². The van der Waals surface area contributed by atoms with E-state index in [2.05, 4.69) is 22.9 Å². The highest BCUT2D eigenvalue weighted by Crippen LogP contribution is 2.32. The number of piperidine rings is 1. The monoisotopic (exact) mass is 273 g/mol. The summed E-state index contributed by atoms with van der Waals surface area (Å²) in [6, 6.07) is 7.20. The Bertz CT molecular complexity index is 537. The number of nitriles is 1. The van der Waals surface area contributed by atoms with E-state index < -0.39 is 0 Å². The number of halogens is 1. The Morgan fingerprint density at radius 2 is 2.15 bits per heavy atom. The molecule has 0 saturated carbocycles. The first kappa shape index (κ1) is 13.5. The van der Waals surface area contributed by atoms with Gasteiger partial charge in [-0.1, -0.05) is 0 Å². The van der Waals surface area contributed by atoms with Gasteiger partial charge in [-0.3, -0.25) is 4.90 Å². The predicted molar refractivity (Wildman–Crippen MR) is 75.5 cm³/mol. The molecule has 2 saturated heterocycles. The molecule has 2 heterocycles. The number of likely N-dealkylation sites (tertiary alicyclic amines) is 2. The third-order valence-corrected chi connectivity index (χ3v) is 4.74. The second kappa shape index (κ2) is 5.51. The summed E-state index contributed by atoms with van der Waals surface area (Å²) >= 11 is 0. The zero-order chi connectivity index (χ0) is 14.1. The minimum absolute atomic E-state index is 0.254. The number of rotatable bonds is 2. The lowest BCUT2D eigenvalue weighted by molar-refractivity contribution is 0.118. The van der Waals surface area contributed by atoms with E-state index in [9.17, 15) is 4.39 Å². The molecule has 3 nitrogen and oxygen atoms in total. The van der Waals surface area contributed by atoms with Crippen LogP contribution in [0.5, 0.6) is 0 Å². The molecule has 20 heavy (non-hydrogen) atoms. The number of hydrogen-bond donors (Lipinski definition) is 0. The van der Waals surface area contributed by atoms with E-state index in [1.807, 2.05) is 0 Å². The van der Waals surface area contributed by atoms with Crippen LogP contribution in [0.2, 0.25) is 0 Å². The first-order valence-electron chi connectivity index (χ1n) is 7.28. The van der Waals surface area contributed by atoms with Gasteiger partial charge in [0.05, 0.1) is 11.6 Å². The van der Waals surface area contributed by atoms with Gasteiger partial charge in [0, 0.05) is 19.1 Å². The summed E-state index contributed by atoms with van der Waals surface area (Å²) in [5, 5.41) is 9.16. The lowest BCUT2D eigenvalue weighted by Crippen LogP contribution is -2.46. The van der Waals surface area contributed by atoms with Crippen molar-refractivity contribution in [1.82, 2.24) is 9.80 Å². The number of likely N-dealkylation sites (N-methyl/N-ethyl adjacent to an activating group) is 1. The predicted octanol–water partition coefficient (Wildman–Crippen LogP) is 2.22. The molecule has 0 amide bonds. The summed E-state index contributed by atoms with van der Waals surface area (Å²) in [6.07, 6.45) is 2.49. The van der Waals surface area contributed by atoms with E-state index >= 15 is 0 Å². The van der Waals surface area contributed by atoms with Crippen molar-refractivity contribution < 1.29 is 4.39 Å². The minimum atomic E-state index is -0.254. The third kappa shape index (κ3) is 2.56. The quantitative estimate of drug-likeness (QED) is 0.827. The lowest BCUT2D eigenvalue weighted by atomic mass is 9.92. The van der Waals surface area contributed by atoms with Gasteiger partial charge in [0.25, 0.3) is 0 Å². The number of fused-ring (bicyclic) bond motifs is 1. The van der Waals surface area contributed by atoms with Crippen molar-refractivity contribution in [3.8, 4) is 6.07 Å². The molecule has 3 rings (SSSR count). The molecule has 2 aliphatic rings.